The lowest BCUT2D eigenvalue weighted by Gasteiger charge is -2.09. The van der Waals surface area contributed by atoms with E-state index in [2.05, 4.69) is 5.10 Å². The number of ether oxygens (including phenoxy) is 1. The van der Waals surface area contributed by atoms with E-state index in [1.165, 1.54) is 18.2 Å². The third-order valence-electron chi connectivity index (χ3n) is 5.70. The van der Waals surface area contributed by atoms with E-state index in [9.17, 15) is 9.18 Å². The lowest BCUT2D eigenvalue weighted by atomic mass is 10.2. The zero-order valence-corrected chi connectivity index (χ0v) is 18.5. The summed E-state index contributed by atoms with van der Waals surface area (Å²) in [6, 6.07) is 16.9. The summed E-state index contributed by atoms with van der Waals surface area (Å²) in [6.07, 6.45) is 1.68. The Morgan fingerprint density at radius 1 is 1.00 bits per heavy atom. The molecule has 0 saturated carbocycles. The number of fused-ring (bicyclic) bond motifs is 1. The average Bonchev–Trinajstić information content (AvgIpc) is 3.31. The number of aryl methyl sites for hydroxylation is 3. The first-order valence-corrected chi connectivity index (χ1v) is 10.5. The van der Waals surface area contributed by atoms with Crippen LogP contribution in [0.2, 0.25) is 0 Å². The monoisotopic (exact) mass is 443 g/mol. The van der Waals surface area contributed by atoms with Crippen molar-refractivity contribution >= 4 is 11.0 Å². The molecule has 8 heteroatoms. The second-order valence-corrected chi connectivity index (χ2v) is 7.95. The maximum Gasteiger partial charge on any atom is 0.258 e. The first-order valence-electron chi connectivity index (χ1n) is 10.5. The summed E-state index contributed by atoms with van der Waals surface area (Å²) < 4.78 is 24.1. The molecule has 2 aromatic carbocycles. The topological polar surface area (TPSA) is 66.9 Å². The van der Waals surface area contributed by atoms with Crippen molar-refractivity contribution in [1.29, 1.82) is 0 Å². The maximum absolute atomic E-state index is 13.0. The van der Waals surface area contributed by atoms with Crippen LogP contribution in [0.15, 0.2) is 71.7 Å². The first-order chi connectivity index (χ1) is 15.9. The fourth-order valence-electron chi connectivity index (χ4n) is 3.74. The van der Waals surface area contributed by atoms with Crippen molar-refractivity contribution in [3.63, 3.8) is 0 Å². The normalized spacial score (nSPS) is 11.3. The SMILES string of the molecule is Cc1cc(-c2nc3ccc(-n4ccc(OCc5ccc(F)cc5)cc4=O)cc3n2C)nn1C. The summed E-state index contributed by atoms with van der Waals surface area (Å²) in [4.78, 5) is 17.5. The van der Waals surface area contributed by atoms with Crippen molar-refractivity contribution in [2.45, 2.75) is 13.5 Å². The lowest BCUT2D eigenvalue weighted by Crippen LogP contribution is -2.16. The van der Waals surface area contributed by atoms with Gasteiger partial charge >= 0.3 is 0 Å². The van der Waals surface area contributed by atoms with Crippen molar-refractivity contribution in [3.8, 4) is 23.0 Å². The van der Waals surface area contributed by atoms with Crippen LogP contribution in [-0.4, -0.2) is 23.9 Å². The molecule has 5 aromatic rings. The largest absolute Gasteiger partial charge is 0.489 e. The van der Waals surface area contributed by atoms with Gasteiger partial charge in [0.2, 0.25) is 0 Å². The Morgan fingerprint density at radius 2 is 1.79 bits per heavy atom. The predicted octanol–water partition coefficient (Wildman–Crippen LogP) is 4.15. The number of benzene rings is 2. The average molecular weight is 443 g/mol. The molecule has 0 radical (unpaired) electrons. The zero-order valence-electron chi connectivity index (χ0n) is 18.5. The van der Waals surface area contributed by atoms with Gasteiger partial charge in [0, 0.05) is 32.1 Å². The van der Waals surface area contributed by atoms with Crippen LogP contribution in [0, 0.1) is 12.7 Å². The number of imidazole rings is 1. The molecule has 0 amide bonds. The van der Waals surface area contributed by atoms with Crippen molar-refractivity contribution in [2.75, 3.05) is 0 Å². The maximum atomic E-state index is 13.0. The number of pyridine rings is 1. The molecule has 0 N–H and O–H groups in total. The summed E-state index contributed by atoms with van der Waals surface area (Å²) in [5.74, 6) is 0.923. The molecule has 0 aliphatic carbocycles. The van der Waals surface area contributed by atoms with Gasteiger partial charge in [0.1, 0.15) is 23.9 Å². The van der Waals surface area contributed by atoms with Crippen molar-refractivity contribution in [1.82, 2.24) is 23.9 Å². The fraction of sp³-hybridized carbons (Fsp3) is 0.160. The third kappa shape index (κ3) is 3.91. The van der Waals surface area contributed by atoms with E-state index < -0.39 is 0 Å². The van der Waals surface area contributed by atoms with Crippen molar-refractivity contribution < 1.29 is 9.13 Å². The molecule has 5 rings (SSSR count). The number of rotatable bonds is 5. The minimum atomic E-state index is -0.297. The molecule has 0 bridgehead atoms. The van der Waals surface area contributed by atoms with Crippen LogP contribution < -0.4 is 10.3 Å². The van der Waals surface area contributed by atoms with Crippen LogP contribution in [0.3, 0.4) is 0 Å². The van der Waals surface area contributed by atoms with Gasteiger partial charge in [-0.3, -0.25) is 14.0 Å². The van der Waals surface area contributed by atoms with E-state index in [1.54, 1.807) is 29.0 Å². The van der Waals surface area contributed by atoms with Crippen LogP contribution in [0.5, 0.6) is 5.75 Å². The van der Waals surface area contributed by atoms with Gasteiger partial charge in [-0.15, -0.1) is 0 Å². The second kappa shape index (κ2) is 8.05. The molecule has 0 unspecified atom stereocenters. The number of aromatic nitrogens is 5. The van der Waals surface area contributed by atoms with Crippen molar-refractivity contribution in [3.05, 3.63) is 94.3 Å². The highest BCUT2D eigenvalue weighted by Crippen LogP contribution is 2.25. The first kappa shape index (κ1) is 20.7. The molecule has 3 heterocycles. The molecule has 3 aromatic heterocycles. The van der Waals surface area contributed by atoms with E-state index in [1.807, 2.05) is 54.5 Å². The number of nitrogens with zero attached hydrogens (tertiary/aromatic N) is 5. The van der Waals surface area contributed by atoms with Crippen LogP contribution in [0.25, 0.3) is 28.2 Å². The molecule has 0 aliphatic rings. The molecule has 0 spiro atoms. The summed E-state index contributed by atoms with van der Waals surface area (Å²) in [5.41, 5.74) is 4.90. The standard InChI is InChI=1S/C25H22FN5O2/c1-16-12-22(28-30(16)3)25-27-21-9-8-19(13-23(21)29(25)2)31-11-10-20(14-24(31)32)33-15-17-4-6-18(26)7-5-17/h4-14H,15H2,1-3H3. The summed E-state index contributed by atoms with van der Waals surface area (Å²) in [7, 11) is 3.84. The van der Waals surface area contributed by atoms with Gasteiger partial charge < -0.3 is 9.30 Å². The third-order valence-corrected chi connectivity index (χ3v) is 5.70. The van der Waals surface area contributed by atoms with Gasteiger partial charge in [-0.25, -0.2) is 9.37 Å². The molecule has 0 aliphatic heterocycles. The molecule has 0 saturated heterocycles. The Bertz CT molecular complexity index is 1510. The minimum absolute atomic E-state index is 0.214. The van der Waals surface area contributed by atoms with Gasteiger partial charge in [-0.2, -0.15) is 5.10 Å². The minimum Gasteiger partial charge on any atom is -0.489 e. The highest BCUT2D eigenvalue weighted by molar-refractivity contribution is 5.82. The van der Waals surface area contributed by atoms with Crippen LogP contribution in [0.4, 0.5) is 4.39 Å². The molecular formula is C25H22FN5O2. The highest BCUT2D eigenvalue weighted by Gasteiger charge is 2.14. The second-order valence-electron chi connectivity index (χ2n) is 7.95. The summed E-state index contributed by atoms with van der Waals surface area (Å²) in [6.45, 7) is 2.25. The Balaban J connectivity index is 1.43. The van der Waals surface area contributed by atoms with E-state index in [0.29, 0.717) is 5.75 Å². The Kier molecular flexibility index (Phi) is 5.05. The zero-order chi connectivity index (χ0) is 23.1. The van der Waals surface area contributed by atoms with Crippen molar-refractivity contribution in [2.24, 2.45) is 14.1 Å². The van der Waals surface area contributed by atoms with E-state index >= 15 is 0 Å². The Labute approximate surface area is 189 Å². The van der Waals surface area contributed by atoms with E-state index in [0.717, 1.165) is 39.5 Å². The predicted molar refractivity (Wildman–Crippen MR) is 124 cm³/mol. The number of hydrogen-bond donors (Lipinski definition) is 0. The number of halogens is 1. The Hall–Kier alpha value is -4.20. The van der Waals surface area contributed by atoms with Crippen LogP contribution in [0.1, 0.15) is 11.3 Å². The molecule has 33 heavy (non-hydrogen) atoms. The molecular weight excluding hydrogens is 421 g/mol. The van der Waals surface area contributed by atoms with Gasteiger partial charge in [0.25, 0.3) is 5.56 Å². The lowest BCUT2D eigenvalue weighted by molar-refractivity contribution is 0.305. The van der Waals surface area contributed by atoms with Gasteiger partial charge in [-0.1, -0.05) is 12.1 Å². The summed E-state index contributed by atoms with van der Waals surface area (Å²) >= 11 is 0. The molecule has 7 nitrogen and oxygen atoms in total. The molecule has 0 fully saturated rings. The van der Waals surface area contributed by atoms with Gasteiger partial charge in [0.15, 0.2) is 5.82 Å². The fourth-order valence-corrected chi connectivity index (χ4v) is 3.74. The molecule has 166 valence electrons. The summed E-state index contributed by atoms with van der Waals surface area (Å²) in [5, 5.41) is 4.53. The Morgan fingerprint density at radius 3 is 2.48 bits per heavy atom. The van der Waals surface area contributed by atoms with E-state index in [-0.39, 0.29) is 18.0 Å². The van der Waals surface area contributed by atoms with E-state index in [4.69, 9.17) is 9.72 Å². The quantitative estimate of drug-likeness (QED) is 0.409. The van der Waals surface area contributed by atoms with Gasteiger partial charge in [0.05, 0.1) is 16.7 Å². The number of hydrogen-bond acceptors (Lipinski definition) is 4. The van der Waals surface area contributed by atoms with Gasteiger partial charge in [-0.05, 0) is 55.0 Å². The smallest absolute Gasteiger partial charge is 0.258 e. The van der Waals surface area contributed by atoms with Crippen LogP contribution >= 0.6 is 0 Å². The highest BCUT2D eigenvalue weighted by atomic mass is 19.1. The molecule has 0 atom stereocenters. The van der Waals surface area contributed by atoms with Crippen LogP contribution in [-0.2, 0) is 20.7 Å².